The average Bonchev–Trinajstić information content (AvgIpc) is 3.08. The Morgan fingerprint density at radius 1 is 0.889 bits per heavy atom. The van der Waals surface area contributed by atoms with Crippen LogP contribution in [0.5, 0.6) is 5.75 Å². The predicted octanol–water partition coefficient (Wildman–Crippen LogP) is 4.51. The minimum absolute atomic E-state index is 0.651. The van der Waals surface area contributed by atoms with Crippen molar-refractivity contribution >= 4 is 5.65 Å². The van der Waals surface area contributed by atoms with E-state index in [1.807, 2.05) is 48.5 Å². The molecule has 27 heavy (non-hydrogen) atoms. The Morgan fingerprint density at radius 3 is 2.37 bits per heavy atom. The number of imidazole rings is 1. The molecule has 0 N–H and O–H groups in total. The van der Waals surface area contributed by atoms with Crippen LogP contribution in [0.2, 0.25) is 0 Å². The SMILES string of the molecule is CN(CCOc1ccccc1)Cc1c(-c2ccccc2)nc2ccccn12. The highest BCUT2D eigenvalue weighted by Gasteiger charge is 2.15. The van der Waals surface area contributed by atoms with E-state index in [1.165, 1.54) is 5.69 Å². The summed E-state index contributed by atoms with van der Waals surface area (Å²) in [5, 5.41) is 0. The van der Waals surface area contributed by atoms with Crippen molar-refractivity contribution in [1.82, 2.24) is 14.3 Å². The van der Waals surface area contributed by atoms with Crippen LogP contribution in [0.3, 0.4) is 0 Å². The van der Waals surface area contributed by atoms with E-state index in [2.05, 4.69) is 52.9 Å². The van der Waals surface area contributed by atoms with E-state index in [0.717, 1.165) is 35.7 Å². The molecular weight excluding hydrogens is 334 g/mol. The Kier molecular flexibility index (Phi) is 5.17. The zero-order chi connectivity index (χ0) is 18.5. The molecule has 4 aromatic rings. The number of fused-ring (bicyclic) bond motifs is 1. The Labute approximate surface area is 159 Å². The minimum atomic E-state index is 0.651. The van der Waals surface area contributed by atoms with Gasteiger partial charge in [-0.1, -0.05) is 54.6 Å². The highest BCUT2D eigenvalue weighted by molar-refractivity contribution is 5.66. The van der Waals surface area contributed by atoms with Gasteiger partial charge >= 0.3 is 0 Å². The van der Waals surface area contributed by atoms with Gasteiger partial charge in [-0.2, -0.15) is 0 Å². The van der Waals surface area contributed by atoms with Crippen LogP contribution >= 0.6 is 0 Å². The summed E-state index contributed by atoms with van der Waals surface area (Å²) in [5.74, 6) is 0.908. The van der Waals surface area contributed by atoms with Crippen molar-refractivity contribution in [3.8, 4) is 17.0 Å². The monoisotopic (exact) mass is 357 g/mol. The first-order valence-corrected chi connectivity index (χ1v) is 9.19. The molecule has 0 aliphatic heterocycles. The quantitative estimate of drug-likeness (QED) is 0.487. The molecule has 0 saturated heterocycles. The number of rotatable bonds is 7. The third-order valence-electron chi connectivity index (χ3n) is 4.58. The third-order valence-corrected chi connectivity index (χ3v) is 4.58. The molecule has 0 fully saturated rings. The zero-order valence-corrected chi connectivity index (χ0v) is 15.5. The van der Waals surface area contributed by atoms with Crippen LogP contribution in [-0.2, 0) is 6.54 Å². The summed E-state index contributed by atoms with van der Waals surface area (Å²) in [7, 11) is 2.12. The van der Waals surface area contributed by atoms with Crippen molar-refractivity contribution in [2.45, 2.75) is 6.54 Å². The lowest BCUT2D eigenvalue weighted by Gasteiger charge is -2.18. The van der Waals surface area contributed by atoms with Gasteiger partial charge in [0.15, 0.2) is 0 Å². The Hall–Kier alpha value is -3.11. The summed E-state index contributed by atoms with van der Waals surface area (Å²) >= 11 is 0. The maximum absolute atomic E-state index is 5.83. The van der Waals surface area contributed by atoms with Crippen LogP contribution in [0, 0.1) is 0 Å². The lowest BCUT2D eigenvalue weighted by Crippen LogP contribution is -2.24. The fourth-order valence-corrected chi connectivity index (χ4v) is 3.20. The number of benzene rings is 2. The van der Waals surface area contributed by atoms with Crippen molar-refractivity contribution in [3.63, 3.8) is 0 Å². The zero-order valence-electron chi connectivity index (χ0n) is 15.5. The highest BCUT2D eigenvalue weighted by Crippen LogP contribution is 2.25. The second-order valence-corrected chi connectivity index (χ2v) is 6.60. The van der Waals surface area contributed by atoms with E-state index >= 15 is 0 Å². The largest absolute Gasteiger partial charge is 0.492 e. The number of likely N-dealkylation sites (N-methyl/N-ethyl adjacent to an activating group) is 1. The molecule has 0 amide bonds. The van der Waals surface area contributed by atoms with Gasteiger partial charge in [-0.05, 0) is 31.3 Å². The van der Waals surface area contributed by atoms with Crippen LogP contribution < -0.4 is 4.74 Å². The highest BCUT2D eigenvalue weighted by atomic mass is 16.5. The molecule has 0 atom stereocenters. The first-order valence-electron chi connectivity index (χ1n) is 9.19. The Morgan fingerprint density at radius 2 is 1.59 bits per heavy atom. The molecule has 0 unspecified atom stereocenters. The van der Waals surface area contributed by atoms with E-state index in [0.29, 0.717) is 6.61 Å². The molecule has 4 rings (SSSR count). The van der Waals surface area contributed by atoms with Gasteiger partial charge in [0.05, 0.1) is 11.4 Å². The molecular formula is C23H23N3O. The summed E-state index contributed by atoms with van der Waals surface area (Å²) in [5.41, 5.74) is 4.35. The number of nitrogens with zero attached hydrogens (tertiary/aromatic N) is 3. The van der Waals surface area contributed by atoms with E-state index in [4.69, 9.17) is 9.72 Å². The topological polar surface area (TPSA) is 29.8 Å². The van der Waals surface area contributed by atoms with Crippen LogP contribution in [0.15, 0.2) is 85.1 Å². The maximum atomic E-state index is 5.83. The second kappa shape index (κ2) is 8.06. The van der Waals surface area contributed by atoms with Gasteiger partial charge < -0.3 is 9.14 Å². The van der Waals surface area contributed by atoms with Crippen LogP contribution in [0.1, 0.15) is 5.69 Å². The first kappa shape index (κ1) is 17.3. The summed E-state index contributed by atoms with van der Waals surface area (Å²) < 4.78 is 8.01. The van der Waals surface area contributed by atoms with Gasteiger partial charge in [-0.3, -0.25) is 4.90 Å². The number of aromatic nitrogens is 2. The Bertz CT molecular complexity index is 996. The molecule has 0 spiro atoms. The van der Waals surface area contributed by atoms with Crippen molar-refractivity contribution < 1.29 is 4.74 Å². The molecule has 0 aliphatic carbocycles. The second-order valence-electron chi connectivity index (χ2n) is 6.60. The fourth-order valence-electron chi connectivity index (χ4n) is 3.20. The lowest BCUT2D eigenvalue weighted by atomic mass is 10.1. The number of pyridine rings is 1. The number of ether oxygens (including phenoxy) is 1. The van der Waals surface area contributed by atoms with Crippen molar-refractivity contribution in [2.75, 3.05) is 20.2 Å². The summed E-state index contributed by atoms with van der Waals surface area (Å²) in [6.07, 6.45) is 2.08. The molecule has 2 heterocycles. The molecule has 2 aromatic carbocycles. The van der Waals surface area contributed by atoms with Gasteiger partial charge in [0.25, 0.3) is 0 Å². The molecule has 2 aromatic heterocycles. The molecule has 0 radical (unpaired) electrons. The van der Waals surface area contributed by atoms with Gasteiger partial charge in [0, 0.05) is 24.8 Å². The molecule has 0 bridgehead atoms. The standard InChI is InChI=1S/C23H23N3O/c1-25(16-17-27-20-12-6-3-7-13-20)18-21-23(19-10-4-2-5-11-19)24-22-14-8-9-15-26(21)22/h2-15H,16-18H2,1H3. The van der Waals surface area contributed by atoms with Crippen molar-refractivity contribution in [1.29, 1.82) is 0 Å². The lowest BCUT2D eigenvalue weighted by molar-refractivity contribution is 0.231. The number of hydrogen-bond donors (Lipinski definition) is 0. The van der Waals surface area contributed by atoms with Gasteiger partial charge in [0.2, 0.25) is 0 Å². The van der Waals surface area contributed by atoms with E-state index in [1.54, 1.807) is 0 Å². The van der Waals surface area contributed by atoms with Gasteiger partial charge in [-0.25, -0.2) is 4.98 Å². The Balaban J connectivity index is 1.52. The predicted molar refractivity (Wildman–Crippen MR) is 109 cm³/mol. The van der Waals surface area contributed by atoms with Crippen LogP contribution in [0.25, 0.3) is 16.9 Å². The first-order chi connectivity index (χ1) is 13.3. The van der Waals surface area contributed by atoms with Crippen molar-refractivity contribution in [2.24, 2.45) is 0 Å². The van der Waals surface area contributed by atoms with E-state index in [-0.39, 0.29) is 0 Å². The molecule has 0 saturated carbocycles. The van der Waals surface area contributed by atoms with Crippen LogP contribution in [0.4, 0.5) is 0 Å². The summed E-state index contributed by atoms with van der Waals surface area (Å²) in [6, 6.07) is 26.4. The van der Waals surface area contributed by atoms with Crippen LogP contribution in [-0.4, -0.2) is 34.5 Å². The number of para-hydroxylation sites is 1. The normalized spacial score (nSPS) is 11.2. The third kappa shape index (κ3) is 4.01. The molecule has 136 valence electrons. The molecule has 0 aliphatic rings. The minimum Gasteiger partial charge on any atom is -0.492 e. The van der Waals surface area contributed by atoms with Crippen molar-refractivity contribution in [3.05, 3.63) is 90.8 Å². The molecule has 4 heteroatoms. The van der Waals surface area contributed by atoms with Gasteiger partial charge in [0.1, 0.15) is 18.0 Å². The summed E-state index contributed by atoms with van der Waals surface area (Å²) in [4.78, 5) is 7.14. The smallest absolute Gasteiger partial charge is 0.137 e. The van der Waals surface area contributed by atoms with E-state index < -0.39 is 0 Å². The van der Waals surface area contributed by atoms with E-state index in [9.17, 15) is 0 Å². The average molecular weight is 357 g/mol. The molecule has 4 nitrogen and oxygen atoms in total. The summed E-state index contributed by atoms with van der Waals surface area (Å²) in [6.45, 7) is 2.29. The fraction of sp³-hybridized carbons (Fsp3) is 0.174. The number of hydrogen-bond acceptors (Lipinski definition) is 3. The maximum Gasteiger partial charge on any atom is 0.137 e. The van der Waals surface area contributed by atoms with Gasteiger partial charge in [-0.15, -0.1) is 0 Å².